The molecule has 0 fully saturated rings. The van der Waals surface area contributed by atoms with Gasteiger partial charge in [0.2, 0.25) is 0 Å². The van der Waals surface area contributed by atoms with Crippen LogP contribution < -0.4 is 0 Å². The number of hydrogen-bond acceptors (Lipinski definition) is 3. The minimum Gasteiger partial charge on any atom is -0.324 e. The second-order valence-electron chi connectivity index (χ2n) is 5.11. The maximum Gasteiger partial charge on any atom is 0.150 e. The zero-order valence-electron chi connectivity index (χ0n) is 12.4. The van der Waals surface area contributed by atoms with Gasteiger partial charge in [-0.05, 0) is 30.4 Å². The fourth-order valence-corrected chi connectivity index (χ4v) is 3.31. The molecule has 21 heavy (non-hydrogen) atoms. The van der Waals surface area contributed by atoms with Crippen LogP contribution in [0.4, 0.5) is 0 Å². The standard InChI is InChI=1S/C16H20N4S/c1-3-14(4-2)20-9-7-13(18-20)12-19-10-8-17-16(19)15-6-5-11-21-15/h5-11,14H,3-4,12H2,1-2H3. The van der Waals surface area contributed by atoms with Crippen LogP contribution >= 0.6 is 11.3 Å². The summed E-state index contributed by atoms with van der Waals surface area (Å²) in [6.07, 6.45) is 8.19. The van der Waals surface area contributed by atoms with Crippen LogP contribution in [0.15, 0.2) is 42.2 Å². The first-order valence-electron chi connectivity index (χ1n) is 7.40. The third-order valence-corrected chi connectivity index (χ3v) is 4.64. The number of nitrogens with zero attached hydrogens (tertiary/aromatic N) is 4. The highest BCUT2D eigenvalue weighted by atomic mass is 32.1. The van der Waals surface area contributed by atoms with Crippen LogP contribution in [0.2, 0.25) is 0 Å². The Morgan fingerprint density at radius 2 is 2.05 bits per heavy atom. The molecule has 0 radical (unpaired) electrons. The van der Waals surface area contributed by atoms with Crippen molar-refractivity contribution in [2.24, 2.45) is 0 Å². The van der Waals surface area contributed by atoms with E-state index in [1.807, 2.05) is 12.4 Å². The number of thiophene rings is 1. The summed E-state index contributed by atoms with van der Waals surface area (Å²) >= 11 is 1.71. The van der Waals surface area contributed by atoms with Gasteiger partial charge in [-0.25, -0.2) is 4.98 Å². The molecule has 0 spiro atoms. The van der Waals surface area contributed by atoms with Crippen LogP contribution in [0.3, 0.4) is 0 Å². The Bertz CT molecular complexity index is 677. The number of hydrogen-bond donors (Lipinski definition) is 0. The molecule has 0 aliphatic heterocycles. The number of rotatable bonds is 6. The summed E-state index contributed by atoms with van der Waals surface area (Å²) in [6, 6.07) is 6.77. The van der Waals surface area contributed by atoms with Crippen LogP contribution in [-0.4, -0.2) is 19.3 Å². The Morgan fingerprint density at radius 3 is 2.76 bits per heavy atom. The molecule has 0 aliphatic carbocycles. The first-order valence-corrected chi connectivity index (χ1v) is 8.28. The molecule has 3 heterocycles. The number of aromatic nitrogens is 4. The quantitative estimate of drug-likeness (QED) is 0.683. The van der Waals surface area contributed by atoms with Gasteiger partial charge in [-0.2, -0.15) is 5.10 Å². The van der Waals surface area contributed by atoms with Gasteiger partial charge in [-0.15, -0.1) is 11.3 Å². The maximum atomic E-state index is 4.72. The summed E-state index contributed by atoms with van der Waals surface area (Å²) in [7, 11) is 0. The van der Waals surface area contributed by atoms with E-state index in [4.69, 9.17) is 5.10 Å². The lowest BCUT2D eigenvalue weighted by molar-refractivity contribution is 0.424. The minimum atomic E-state index is 0.498. The topological polar surface area (TPSA) is 35.6 Å². The van der Waals surface area contributed by atoms with E-state index in [2.05, 4.69) is 57.9 Å². The molecule has 0 saturated heterocycles. The molecular weight excluding hydrogens is 280 g/mol. The van der Waals surface area contributed by atoms with E-state index in [1.54, 1.807) is 11.3 Å². The summed E-state index contributed by atoms with van der Waals surface area (Å²) in [4.78, 5) is 5.66. The second-order valence-corrected chi connectivity index (χ2v) is 6.06. The van der Waals surface area contributed by atoms with E-state index in [0.29, 0.717) is 6.04 Å². The summed E-state index contributed by atoms with van der Waals surface area (Å²) in [5, 5.41) is 6.80. The summed E-state index contributed by atoms with van der Waals surface area (Å²) in [5.74, 6) is 1.02. The molecule has 110 valence electrons. The minimum absolute atomic E-state index is 0.498. The zero-order valence-corrected chi connectivity index (χ0v) is 13.3. The fourth-order valence-electron chi connectivity index (χ4n) is 2.57. The predicted octanol–water partition coefficient (Wildman–Crippen LogP) is 4.22. The van der Waals surface area contributed by atoms with Gasteiger partial charge in [0.1, 0.15) is 5.82 Å². The zero-order chi connectivity index (χ0) is 14.7. The van der Waals surface area contributed by atoms with Crippen molar-refractivity contribution in [1.82, 2.24) is 19.3 Å². The predicted molar refractivity (Wildman–Crippen MR) is 86.5 cm³/mol. The highest BCUT2D eigenvalue weighted by Crippen LogP contribution is 2.23. The molecule has 0 atom stereocenters. The molecular formula is C16H20N4S. The highest BCUT2D eigenvalue weighted by molar-refractivity contribution is 7.13. The Labute approximate surface area is 129 Å². The Balaban J connectivity index is 1.80. The molecule has 0 amide bonds. The van der Waals surface area contributed by atoms with Crippen LogP contribution in [0.1, 0.15) is 38.4 Å². The second kappa shape index (κ2) is 6.26. The molecule has 4 nitrogen and oxygen atoms in total. The van der Waals surface area contributed by atoms with Crippen molar-refractivity contribution in [3.05, 3.63) is 47.9 Å². The molecule has 5 heteroatoms. The molecule has 3 rings (SSSR count). The molecule has 0 aromatic carbocycles. The first kappa shape index (κ1) is 14.1. The van der Waals surface area contributed by atoms with Crippen molar-refractivity contribution in [3.8, 4) is 10.7 Å². The average Bonchev–Trinajstić information content (AvgIpc) is 3.21. The lowest BCUT2D eigenvalue weighted by atomic mass is 10.2. The van der Waals surface area contributed by atoms with Crippen LogP contribution in [0.25, 0.3) is 10.7 Å². The van der Waals surface area contributed by atoms with E-state index in [0.717, 1.165) is 30.9 Å². The van der Waals surface area contributed by atoms with Gasteiger partial charge < -0.3 is 4.57 Å². The van der Waals surface area contributed by atoms with Crippen molar-refractivity contribution in [1.29, 1.82) is 0 Å². The summed E-state index contributed by atoms with van der Waals surface area (Å²) in [6.45, 7) is 5.18. The monoisotopic (exact) mass is 300 g/mol. The highest BCUT2D eigenvalue weighted by Gasteiger charge is 2.11. The summed E-state index contributed by atoms with van der Waals surface area (Å²) in [5.41, 5.74) is 1.08. The molecule has 0 aliphatic rings. The van der Waals surface area contributed by atoms with E-state index < -0.39 is 0 Å². The third-order valence-electron chi connectivity index (χ3n) is 3.77. The van der Waals surface area contributed by atoms with Gasteiger partial charge in [0, 0.05) is 18.6 Å². The molecule has 0 saturated carbocycles. The third kappa shape index (κ3) is 2.93. The van der Waals surface area contributed by atoms with Gasteiger partial charge >= 0.3 is 0 Å². The Hall–Kier alpha value is -1.88. The van der Waals surface area contributed by atoms with Crippen molar-refractivity contribution >= 4 is 11.3 Å². The Morgan fingerprint density at radius 1 is 1.19 bits per heavy atom. The van der Waals surface area contributed by atoms with Crippen molar-refractivity contribution < 1.29 is 0 Å². The van der Waals surface area contributed by atoms with Crippen molar-refractivity contribution in [2.75, 3.05) is 0 Å². The normalized spacial score (nSPS) is 11.4. The van der Waals surface area contributed by atoms with Crippen molar-refractivity contribution in [2.45, 2.75) is 39.3 Å². The van der Waals surface area contributed by atoms with E-state index in [1.165, 1.54) is 4.88 Å². The van der Waals surface area contributed by atoms with E-state index in [-0.39, 0.29) is 0 Å². The lowest BCUT2D eigenvalue weighted by Crippen LogP contribution is -2.09. The van der Waals surface area contributed by atoms with Gasteiger partial charge in [0.05, 0.1) is 23.2 Å². The summed E-state index contributed by atoms with van der Waals surface area (Å²) < 4.78 is 4.25. The Kier molecular flexibility index (Phi) is 4.20. The van der Waals surface area contributed by atoms with Gasteiger partial charge in [0.25, 0.3) is 0 Å². The van der Waals surface area contributed by atoms with Crippen LogP contribution in [-0.2, 0) is 6.54 Å². The fraction of sp³-hybridized carbons (Fsp3) is 0.375. The van der Waals surface area contributed by atoms with Crippen molar-refractivity contribution in [3.63, 3.8) is 0 Å². The number of imidazole rings is 1. The van der Waals surface area contributed by atoms with E-state index >= 15 is 0 Å². The molecule has 0 N–H and O–H groups in total. The maximum absolute atomic E-state index is 4.72. The van der Waals surface area contributed by atoms with Gasteiger partial charge in [-0.1, -0.05) is 19.9 Å². The average molecular weight is 300 g/mol. The van der Waals surface area contributed by atoms with Crippen LogP contribution in [0.5, 0.6) is 0 Å². The van der Waals surface area contributed by atoms with Gasteiger partial charge in [0.15, 0.2) is 0 Å². The SMILES string of the molecule is CCC(CC)n1ccc(Cn2ccnc2-c2cccs2)n1. The smallest absolute Gasteiger partial charge is 0.150 e. The largest absolute Gasteiger partial charge is 0.324 e. The molecule has 3 aromatic rings. The van der Waals surface area contributed by atoms with Gasteiger partial charge in [-0.3, -0.25) is 4.68 Å². The molecule has 3 aromatic heterocycles. The van der Waals surface area contributed by atoms with E-state index in [9.17, 15) is 0 Å². The van der Waals surface area contributed by atoms with Crippen LogP contribution in [0, 0.1) is 0 Å². The lowest BCUT2D eigenvalue weighted by Gasteiger charge is -2.12. The first-order chi connectivity index (χ1) is 10.3. The molecule has 0 unspecified atom stereocenters. The molecule has 0 bridgehead atoms.